The molecule has 0 aliphatic rings. The van der Waals surface area contributed by atoms with E-state index in [-0.39, 0.29) is 23.6 Å². The highest BCUT2D eigenvalue weighted by Crippen LogP contribution is 2.24. The second-order valence-corrected chi connectivity index (χ2v) is 8.50. The van der Waals surface area contributed by atoms with Gasteiger partial charge >= 0.3 is 0 Å². The highest BCUT2D eigenvalue weighted by Gasteiger charge is 2.31. The number of aromatic nitrogens is 1. The van der Waals surface area contributed by atoms with Crippen LogP contribution < -0.4 is 5.32 Å². The fourth-order valence-electron chi connectivity index (χ4n) is 3.17. The van der Waals surface area contributed by atoms with Gasteiger partial charge in [0, 0.05) is 24.1 Å². The molecular weight excluding hydrogens is 366 g/mol. The SMILES string of the molecule is CCC(CC)N(Cc1cc(C(=O)NCc2ccc(C)cc2)no1)C(=O)C(C)(C)C. The zero-order valence-corrected chi connectivity index (χ0v) is 18.4. The van der Waals surface area contributed by atoms with E-state index in [9.17, 15) is 9.59 Å². The average Bonchev–Trinajstić information content (AvgIpc) is 3.15. The second kappa shape index (κ2) is 9.72. The second-order valence-electron chi connectivity index (χ2n) is 8.50. The smallest absolute Gasteiger partial charge is 0.273 e. The highest BCUT2D eigenvalue weighted by molar-refractivity contribution is 5.92. The molecule has 0 atom stereocenters. The first-order chi connectivity index (χ1) is 13.7. The Morgan fingerprint density at radius 3 is 2.31 bits per heavy atom. The Bertz CT molecular complexity index is 815. The minimum atomic E-state index is -0.489. The Labute approximate surface area is 173 Å². The molecule has 2 aromatic rings. The van der Waals surface area contributed by atoms with E-state index in [1.165, 1.54) is 5.56 Å². The molecule has 0 bridgehead atoms. The molecule has 0 saturated carbocycles. The lowest BCUT2D eigenvalue weighted by atomic mass is 9.93. The number of hydrogen-bond acceptors (Lipinski definition) is 4. The number of carbonyl (C=O) groups is 2. The van der Waals surface area contributed by atoms with Crippen LogP contribution >= 0.6 is 0 Å². The van der Waals surface area contributed by atoms with Crippen LogP contribution in [0.1, 0.15) is 74.8 Å². The average molecular weight is 400 g/mol. The van der Waals surface area contributed by atoms with Gasteiger partial charge in [0.2, 0.25) is 5.91 Å². The Hall–Kier alpha value is -2.63. The fraction of sp³-hybridized carbons (Fsp3) is 0.522. The molecule has 158 valence electrons. The summed E-state index contributed by atoms with van der Waals surface area (Å²) < 4.78 is 5.38. The minimum Gasteiger partial charge on any atom is -0.359 e. The summed E-state index contributed by atoms with van der Waals surface area (Å²) >= 11 is 0. The van der Waals surface area contributed by atoms with Crippen LogP contribution in [-0.2, 0) is 17.9 Å². The Kier molecular flexibility index (Phi) is 7.59. The first-order valence-corrected chi connectivity index (χ1v) is 10.3. The lowest BCUT2D eigenvalue weighted by Gasteiger charge is -2.34. The Morgan fingerprint density at radius 1 is 1.14 bits per heavy atom. The maximum atomic E-state index is 12.9. The van der Waals surface area contributed by atoms with Gasteiger partial charge in [-0.2, -0.15) is 0 Å². The van der Waals surface area contributed by atoms with Crippen LogP contribution in [0.5, 0.6) is 0 Å². The van der Waals surface area contributed by atoms with Gasteiger partial charge in [0.25, 0.3) is 5.91 Å². The van der Waals surface area contributed by atoms with E-state index in [1.54, 1.807) is 6.07 Å². The molecule has 1 heterocycles. The van der Waals surface area contributed by atoms with Crippen LogP contribution in [0.3, 0.4) is 0 Å². The van der Waals surface area contributed by atoms with Crippen molar-refractivity contribution in [2.45, 2.75) is 73.5 Å². The lowest BCUT2D eigenvalue weighted by molar-refractivity contribution is -0.143. The van der Waals surface area contributed by atoms with Gasteiger partial charge in [-0.25, -0.2) is 0 Å². The van der Waals surface area contributed by atoms with Crippen molar-refractivity contribution in [3.63, 3.8) is 0 Å². The third-order valence-corrected chi connectivity index (χ3v) is 4.98. The van der Waals surface area contributed by atoms with E-state index in [0.29, 0.717) is 18.8 Å². The van der Waals surface area contributed by atoms with Gasteiger partial charge in [-0.1, -0.05) is 69.6 Å². The summed E-state index contributed by atoms with van der Waals surface area (Å²) in [5.74, 6) is 0.278. The number of rotatable bonds is 8. The van der Waals surface area contributed by atoms with Crippen molar-refractivity contribution in [1.82, 2.24) is 15.4 Å². The molecule has 0 fully saturated rings. The maximum Gasteiger partial charge on any atom is 0.273 e. The van der Waals surface area contributed by atoms with Crippen molar-refractivity contribution < 1.29 is 14.1 Å². The molecule has 2 amide bonds. The van der Waals surface area contributed by atoms with Crippen LogP contribution in [0.2, 0.25) is 0 Å². The number of aryl methyl sites for hydroxylation is 1. The van der Waals surface area contributed by atoms with Gasteiger partial charge in [-0.05, 0) is 25.3 Å². The minimum absolute atomic E-state index is 0.0629. The summed E-state index contributed by atoms with van der Waals surface area (Å²) in [6.45, 7) is 12.6. The summed E-state index contributed by atoms with van der Waals surface area (Å²) in [4.78, 5) is 27.2. The van der Waals surface area contributed by atoms with Crippen molar-refractivity contribution in [3.05, 3.63) is 52.9 Å². The van der Waals surface area contributed by atoms with Crippen molar-refractivity contribution >= 4 is 11.8 Å². The van der Waals surface area contributed by atoms with Crippen LogP contribution in [0.15, 0.2) is 34.9 Å². The van der Waals surface area contributed by atoms with E-state index in [2.05, 4.69) is 24.3 Å². The zero-order chi connectivity index (χ0) is 21.6. The van der Waals surface area contributed by atoms with Gasteiger partial charge in [0.15, 0.2) is 11.5 Å². The third kappa shape index (κ3) is 6.17. The van der Waals surface area contributed by atoms with Crippen LogP contribution in [0.25, 0.3) is 0 Å². The number of benzene rings is 1. The van der Waals surface area contributed by atoms with Gasteiger partial charge in [0.05, 0.1) is 6.54 Å². The molecule has 0 aliphatic heterocycles. The van der Waals surface area contributed by atoms with Crippen molar-refractivity contribution in [2.24, 2.45) is 5.41 Å². The molecule has 0 saturated heterocycles. The normalized spacial score (nSPS) is 11.6. The number of amides is 2. The van der Waals surface area contributed by atoms with Crippen molar-refractivity contribution in [1.29, 1.82) is 0 Å². The highest BCUT2D eigenvalue weighted by atomic mass is 16.5. The van der Waals surface area contributed by atoms with Gasteiger partial charge in [-0.3, -0.25) is 9.59 Å². The van der Waals surface area contributed by atoms with Crippen LogP contribution in [-0.4, -0.2) is 27.9 Å². The summed E-state index contributed by atoms with van der Waals surface area (Å²) in [5.41, 5.74) is 1.92. The first-order valence-electron chi connectivity index (χ1n) is 10.3. The van der Waals surface area contributed by atoms with E-state index < -0.39 is 5.41 Å². The predicted molar refractivity (Wildman–Crippen MR) is 113 cm³/mol. The van der Waals surface area contributed by atoms with Gasteiger partial charge < -0.3 is 14.7 Å². The fourth-order valence-corrected chi connectivity index (χ4v) is 3.17. The number of nitrogens with one attached hydrogen (secondary N) is 1. The molecule has 6 nitrogen and oxygen atoms in total. The van der Waals surface area contributed by atoms with E-state index in [0.717, 1.165) is 18.4 Å². The molecule has 1 N–H and O–H groups in total. The summed E-state index contributed by atoms with van der Waals surface area (Å²) in [6, 6.07) is 9.72. The predicted octanol–water partition coefficient (Wildman–Crippen LogP) is 4.48. The molecule has 1 aromatic heterocycles. The molecule has 0 unspecified atom stereocenters. The van der Waals surface area contributed by atoms with Crippen molar-refractivity contribution in [2.75, 3.05) is 0 Å². The van der Waals surface area contributed by atoms with Crippen LogP contribution in [0, 0.1) is 12.3 Å². The largest absolute Gasteiger partial charge is 0.359 e. The van der Waals surface area contributed by atoms with Crippen LogP contribution in [0.4, 0.5) is 0 Å². The Balaban J connectivity index is 2.06. The van der Waals surface area contributed by atoms with E-state index >= 15 is 0 Å². The maximum absolute atomic E-state index is 12.9. The monoisotopic (exact) mass is 399 g/mol. The number of nitrogens with zero attached hydrogens (tertiary/aromatic N) is 2. The zero-order valence-electron chi connectivity index (χ0n) is 18.4. The quantitative estimate of drug-likeness (QED) is 0.710. The summed E-state index contributed by atoms with van der Waals surface area (Å²) in [5, 5.41) is 6.75. The number of hydrogen-bond donors (Lipinski definition) is 1. The lowest BCUT2D eigenvalue weighted by Crippen LogP contribution is -2.45. The van der Waals surface area contributed by atoms with Gasteiger partial charge in [0.1, 0.15) is 0 Å². The molecular formula is C23H33N3O3. The van der Waals surface area contributed by atoms with E-state index in [1.807, 2.05) is 56.9 Å². The standard InChI is InChI=1S/C23H33N3O3/c1-7-18(8-2)26(22(28)23(4,5)6)15-19-13-20(25-29-19)21(27)24-14-17-11-9-16(3)10-12-17/h9-13,18H,7-8,14-15H2,1-6H3,(H,24,27). The molecule has 0 radical (unpaired) electrons. The molecule has 0 aliphatic carbocycles. The number of carbonyl (C=O) groups excluding carboxylic acids is 2. The Morgan fingerprint density at radius 2 is 1.76 bits per heavy atom. The first kappa shape index (κ1) is 22.7. The summed E-state index contributed by atoms with van der Waals surface area (Å²) in [6.07, 6.45) is 1.71. The third-order valence-electron chi connectivity index (χ3n) is 4.98. The summed E-state index contributed by atoms with van der Waals surface area (Å²) in [7, 11) is 0. The molecule has 1 aromatic carbocycles. The molecule has 0 spiro atoms. The van der Waals surface area contributed by atoms with E-state index in [4.69, 9.17) is 4.52 Å². The topological polar surface area (TPSA) is 75.4 Å². The van der Waals surface area contributed by atoms with Gasteiger partial charge in [-0.15, -0.1) is 0 Å². The molecule has 2 rings (SSSR count). The molecule has 29 heavy (non-hydrogen) atoms. The van der Waals surface area contributed by atoms with Crippen molar-refractivity contribution in [3.8, 4) is 0 Å². The molecule has 6 heteroatoms.